The first kappa shape index (κ1) is 11.5. The third-order valence-electron chi connectivity index (χ3n) is 2.62. The Kier molecular flexibility index (Phi) is 4.54. The summed E-state index contributed by atoms with van der Waals surface area (Å²) in [7, 11) is 0. The molecule has 1 N–H and O–H groups in total. The van der Waals surface area contributed by atoms with E-state index >= 15 is 0 Å². The van der Waals surface area contributed by atoms with Crippen LogP contribution in [0.5, 0.6) is 0 Å². The molecule has 15 heavy (non-hydrogen) atoms. The highest BCUT2D eigenvalue weighted by molar-refractivity contribution is 9.10. The van der Waals surface area contributed by atoms with Gasteiger partial charge in [-0.1, -0.05) is 22.0 Å². The molecule has 82 valence electrons. The van der Waals surface area contributed by atoms with Crippen molar-refractivity contribution in [3.63, 3.8) is 0 Å². The Hall–Kier alpha value is 0.01000. The van der Waals surface area contributed by atoms with Gasteiger partial charge in [0.1, 0.15) is 0 Å². The number of benzene rings is 1. The zero-order chi connectivity index (χ0) is 10.5. The van der Waals surface area contributed by atoms with Crippen LogP contribution in [0.25, 0.3) is 0 Å². The van der Waals surface area contributed by atoms with E-state index < -0.39 is 0 Å². The fourth-order valence-corrected chi connectivity index (χ4v) is 3.65. The Morgan fingerprint density at radius 2 is 2.20 bits per heavy atom. The smallest absolute Gasteiger partial charge is 0.0186 e. The predicted octanol–water partition coefficient (Wildman–Crippen LogP) is 3.68. The molecule has 3 heteroatoms. The van der Waals surface area contributed by atoms with Crippen molar-refractivity contribution in [3.05, 3.63) is 28.7 Å². The first-order chi connectivity index (χ1) is 7.34. The summed E-state index contributed by atoms with van der Waals surface area (Å²) in [5.41, 5.74) is 0. The van der Waals surface area contributed by atoms with Crippen LogP contribution < -0.4 is 5.32 Å². The quantitative estimate of drug-likeness (QED) is 0.890. The lowest BCUT2D eigenvalue weighted by Crippen LogP contribution is -2.14. The van der Waals surface area contributed by atoms with Crippen LogP contribution in [-0.2, 0) is 0 Å². The van der Waals surface area contributed by atoms with Crippen LogP contribution in [0.15, 0.2) is 33.6 Å². The number of nitrogens with one attached hydrogen (secondary N) is 1. The van der Waals surface area contributed by atoms with E-state index in [0.717, 1.165) is 5.25 Å². The fraction of sp³-hybridized carbons (Fsp3) is 0.500. The molecule has 0 aromatic heterocycles. The molecule has 1 aliphatic rings. The van der Waals surface area contributed by atoms with Crippen molar-refractivity contribution in [2.75, 3.05) is 13.1 Å². The van der Waals surface area contributed by atoms with Crippen LogP contribution in [0, 0.1) is 0 Å². The van der Waals surface area contributed by atoms with Crippen LogP contribution in [-0.4, -0.2) is 18.3 Å². The number of thioether (sulfide) groups is 1. The van der Waals surface area contributed by atoms with Gasteiger partial charge >= 0.3 is 0 Å². The van der Waals surface area contributed by atoms with Gasteiger partial charge in [-0.2, -0.15) is 0 Å². The molecule has 0 spiro atoms. The average Bonchev–Trinajstić information content (AvgIpc) is 2.46. The van der Waals surface area contributed by atoms with Gasteiger partial charge in [0.05, 0.1) is 0 Å². The number of hydrogen-bond acceptors (Lipinski definition) is 2. The van der Waals surface area contributed by atoms with E-state index in [0.29, 0.717) is 0 Å². The minimum absolute atomic E-state index is 0.786. The first-order valence-electron chi connectivity index (χ1n) is 5.47. The Morgan fingerprint density at radius 1 is 1.27 bits per heavy atom. The molecule has 1 heterocycles. The van der Waals surface area contributed by atoms with Gasteiger partial charge in [-0.25, -0.2) is 0 Å². The highest BCUT2D eigenvalue weighted by Crippen LogP contribution is 2.30. The normalized spacial score (nSPS) is 22.3. The molecule has 1 saturated heterocycles. The van der Waals surface area contributed by atoms with E-state index in [9.17, 15) is 0 Å². The molecule has 1 fully saturated rings. The molecule has 1 aromatic carbocycles. The second kappa shape index (κ2) is 5.92. The summed E-state index contributed by atoms with van der Waals surface area (Å²) in [6.07, 6.45) is 3.94. The lowest BCUT2D eigenvalue weighted by atomic mass is 10.2. The van der Waals surface area contributed by atoms with E-state index in [1.165, 1.54) is 41.7 Å². The van der Waals surface area contributed by atoms with E-state index in [1.54, 1.807) is 0 Å². The zero-order valence-corrected chi connectivity index (χ0v) is 11.1. The van der Waals surface area contributed by atoms with Crippen molar-refractivity contribution >= 4 is 27.7 Å². The Bertz CT molecular complexity index is 308. The molecule has 1 unspecified atom stereocenters. The van der Waals surface area contributed by atoms with Gasteiger partial charge < -0.3 is 5.32 Å². The van der Waals surface area contributed by atoms with Gasteiger partial charge in [0.2, 0.25) is 0 Å². The van der Waals surface area contributed by atoms with E-state index in [-0.39, 0.29) is 0 Å². The average molecular weight is 286 g/mol. The van der Waals surface area contributed by atoms with Crippen molar-refractivity contribution in [2.24, 2.45) is 0 Å². The van der Waals surface area contributed by atoms with Gasteiger partial charge in [-0.3, -0.25) is 0 Å². The third-order valence-corrected chi connectivity index (χ3v) is 4.45. The SMILES string of the molecule is Brc1cccc(SC2CCCNCC2)c1. The maximum Gasteiger partial charge on any atom is 0.0186 e. The third kappa shape index (κ3) is 3.82. The van der Waals surface area contributed by atoms with Gasteiger partial charge in [0.25, 0.3) is 0 Å². The topological polar surface area (TPSA) is 12.0 Å². The molecule has 0 bridgehead atoms. The van der Waals surface area contributed by atoms with E-state index in [1.807, 2.05) is 11.8 Å². The summed E-state index contributed by atoms with van der Waals surface area (Å²) < 4.78 is 1.18. The second-order valence-corrected chi connectivity index (χ2v) is 6.17. The van der Waals surface area contributed by atoms with Gasteiger partial charge in [-0.05, 0) is 50.6 Å². The molecule has 1 aromatic rings. The summed E-state index contributed by atoms with van der Waals surface area (Å²) >= 11 is 5.54. The molecule has 0 radical (unpaired) electrons. The van der Waals surface area contributed by atoms with Gasteiger partial charge in [0.15, 0.2) is 0 Å². The van der Waals surface area contributed by atoms with E-state index in [2.05, 4.69) is 45.5 Å². The number of halogens is 1. The number of hydrogen-bond donors (Lipinski definition) is 1. The van der Waals surface area contributed by atoms with Crippen LogP contribution in [0.1, 0.15) is 19.3 Å². The molecule has 0 saturated carbocycles. The largest absolute Gasteiger partial charge is 0.317 e. The Morgan fingerprint density at radius 3 is 3.07 bits per heavy atom. The summed E-state index contributed by atoms with van der Waals surface area (Å²) in [6.45, 7) is 2.36. The van der Waals surface area contributed by atoms with Crippen molar-refractivity contribution in [1.29, 1.82) is 0 Å². The maximum absolute atomic E-state index is 3.52. The van der Waals surface area contributed by atoms with E-state index in [4.69, 9.17) is 0 Å². The Labute approximate surface area is 104 Å². The molecule has 1 atom stereocenters. The molecular weight excluding hydrogens is 270 g/mol. The summed E-state index contributed by atoms with van der Waals surface area (Å²) in [6, 6.07) is 8.61. The summed E-state index contributed by atoms with van der Waals surface area (Å²) in [5.74, 6) is 0. The first-order valence-corrected chi connectivity index (χ1v) is 7.15. The molecule has 2 rings (SSSR count). The summed E-state index contributed by atoms with van der Waals surface area (Å²) in [5, 5.41) is 4.24. The predicted molar refractivity (Wildman–Crippen MR) is 70.5 cm³/mol. The second-order valence-electron chi connectivity index (χ2n) is 3.88. The fourth-order valence-electron chi connectivity index (χ4n) is 1.84. The van der Waals surface area contributed by atoms with Crippen LogP contribution in [0.4, 0.5) is 0 Å². The Balaban J connectivity index is 1.95. The molecular formula is C12H16BrNS. The number of rotatable bonds is 2. The molecule has 0 aliphatic carbocycles. The van der Waals surface area contributed by atoms with Crippen LogP contribution in [0.3, 0.4) is 0 Å². The summed E-state index contributed by atoms with van der Waals surface area (Å²) in [4.78, 5) is 1.39. The minimum atomic E-state index is 0.786. The van der Waals surface area contributed by atoms with Crippen LogP contribution in [0.2, 0.25) is 0 Å². The highest BCUT2D eigenvalue weighted by Gasteiger charge is 2.12. The van der Waals surface area contributed by atoms with Crippen molar-refractivity contribution < 1.29 is 0 Å². The standard InChI is InChI=1S/C12H16BrNS/c13-10-3-1-4-12(9-10)15-11-5-2-7-14-8-6-11/h1,3-4,9,11,14H,2,5-8H2. The zero-order valence-electron chi connectivity index (χ0n) is 8.71. The molecule has 0 amide bonds. The monoisotopic (exact) mass is 285 g/mol. The highest BCUT2D eigenvalue weighted by atomic mass is 79.9. The van der Waals surface area contributed by atoms with Crippen molar-refractivity contribution in [2.45, 2.75) is 29.4 Å². The van der Waals surface area contributed by atoms with Crippen molar-refractivity contribution in [3.8, 4) is 0 Å². The molecule has 1 aliphatic heterocycles. The maximum atomic E-state index is 3.52. The minimum Gasteiger partial charge on any atom is -0.317 e. The lowest BCUT2D eigenvalue weighted by Gasteiger charge is -2.13. The van der Waals surface area contributed by atoms with Gasteiger partial charge in [0, 0.05) is 14.6 Å². The van der Waals surface area contributed by atoms with Gasteiger partial charge in [-0.15, -0.1) is 11.8 Å². The van der Waals surface area contributed by atoms with Crippen molar-refractivity contribution in [1.82, 2.24) is 5.32 Å². The lowest BCUT2D eigenvalue weighted by molar-refractivity contribution is 0.703. The van der Waals surface area contributed by atoms with Crippen LogP contribution >= 0.6 is 27.7 Å². The molecule has 1 nitrogen and oxygen atoms in total.